The maximum absolute atomic E-state index is 11.8. The lowest BCUT2D eigenvalue weighted by Crippen LogP contribution is -2.35. The zero-order chi connectivity index (χ0) is 14.5. The maximum atomic E-state index is 11.8. The van der Waals surface area contributed by atoms with E-state index in [1.165, 1.54) is 10.9 Å². The number of para-hydroxylation sites is 1. The summed E-state index contributed by atoms with van der Waals surface area (Å²) in [5.41, 5.74) is 8.26. The van der Waals surface area contributed by atoms with Gasteiger partial charge in [-0.15, -0.1) is 0 Å². The number of hydrogen-bond acceptors (Lipinski definition) is 2. The van der Waals surface area contributed by atoms with E-state index in [1.54, 1.807) is 0 Å². The topological polar surface area (TPSA) is 70.9 Å². The van der Waals surface area contributed by atoms with E-state index in [9.17, 15) is 4.79 Å². The first-order valence-electron chi connectivity index (χ1n) is 7.15. The molecule has 0 aliphatic carbocycles. The number of H-pyrrole nitrogens is 1. The summed E-state index contributed by atoms with van der Waals surface area (Å²) in [5.74, 6) is 0.361. The SMILES string of the molecule is CC(C)C(N)CC(=O)NCCc1c[nH]c2ccccc12. The minimum Gasteiger partial charge on any atom is -0.361 e. The van der Waals surface area contributed by atoms with Crippen molar-refractivity contribution in [1.82, 2.24) is 10.3 Å². The molecule has 4 nitrogen and oxygen atoms in total. The molecule has 1 aromatic carbocycles. The van der Waals surface area contributed by atoms with Crippen molar-refractivity contribution in [2.75, 3.05) is 6.54 Å². The van der Waals surface area contributed by atoms with Crippen LogP contribution in [0.2, 0.25) is 0 Å². The molecule has 2 rings (SSSR count). The number of benzene rings is 1. The van der Waals surface area contributed by atoms with Crippen molar-refractivity contribution in [1.29, 1.82) is 0 Å². The Morgan fingerprint density at radius 2 is 2.10 bits per heavy atom. The van der Waals surface area contributed by atoms with E-state index in [1.807, 2.05) is 32.2 Å². The number of rotatable bonds is 6. The largest absolute Gasteiger partial charge is 0.361 e. The van der Waals surface area contributed by atoms with Crippen LogP contribution in [0.5, 0.6) is 0 Å². The number of carbonyl (C=O) groups is 1. The van der Waals surface area contributed by atoms with E-state index in [2.05, 4.69) is 22.4 Å². The molecule has 0 spiro atoms. The number of nitrogens with one attached hydrogen (secondary N) is 2. The highest BCUT2D eigenvalue weighted by atomic mass is 16.1. The predicted octanol–water partition coefficient (Wildman–Crippen LogP) is 2.20. The molecule has 108 valence electrons. The molecular formula is C16H23N3O. The van der Waals surface area contributed by atoms with Gasteiger partial charge in [0, 0.05) is 36.1 Å². The van der Waals surface area contributed by atoms with Gasteiger partial charge < -0.3 is 16.0 Å². The van der Waals surface area contributed by atoms with Gasteiger partial charge in [0.1, 0.15) is 0 Å². The Bertz CT molecular complexity index is 574. The van der Waals surface area contributed by atoms with E-state index >= 15 is 0 Å². The Hall–Kier alpha value is -1.81. The second-order valence-electron chi connectivity index (χ2n) is 5.57. The van der Waals surface area contributed by atoms with Crippen molar-refractivity contribution >= 4 is 16.8 Å². The fourth-order valence-corrected chi connectivity index (χ4v) is 2.20. The molecular weight excluding hydrogens is 250 g/mol. The Balaban J connectivity index is 1.83. The minimum atomic E-state index is -0.0666. The molecule has 4 N–H and O–H groups in total. The van der Waals surface area contributed by atoms with Crippen molar-refractivity contribution in [3.63, 3.8) is 0 Å². The number of aromatic amines is 1. The fourth-order valence-electron chi connectivity index (χ4n) is 2.20. The lowest BCUT2D eigenvalue weighted by Gasteiger charge is -2.14. The number of nitrogens with two attached hydrogens (primary N) is 1. The third-order valence-electron chi connectivity index (χ3n) is 3.67. The Labute approximate surface area is 119 Å². The van der Waals surface area contributed by atoms with Crippen LogP contribution in [-0.4, -0.2) is 23.5 Å². The number of fused-ring (bicyclic) bond motifs is 1. The van der Waals surface area contributed by atoms with Crippen LogP contribution in [0.4, 0.5) is 0 Å². The summed E-state index contributed by atoms with van der Waals surface area (Å²) in [4.78, 5) is 15.0. The van der Waals surface area contributed by atoms with Gasteiger partial charge in [0.15, 0.2) is 0 Å². The third-order valence-corrected chi connectivity index (χ3v) is 3.67. The molecule has 1 heterocycles. The molecule has 0 aliphatic rings. The van der Waals surface area contributed by atoms with Crippen molar-refractivity contribution in [2.45, 2.75) is 32.7 Å². The van der Waals surface area contributed by atoms with Crippen molar-refractivity contribution in [3.05, 3.63) is 36.0 Å². The first-order valence-corrected chi connectivity index (χ1v) is 7.15. The van der Waals surface area contributed by atoms with Gasteiger partial charge in [0.25, 0.3) is 0 Å². The van der Waals surface area contributed by atoms with Gasteiger partial charge in [0.2, 0.25) is 5.91 Å². The lowest BCUT2D eigenvalue weighted by atomic mass is 10.0. The summed E-state index contributed by atoms with van der Waals surface area (Å²) in [6.45, 7) is 4.71. The van der Waals surface area contributed by atoms with E-state index in [4.69, 9.17) is 5.73 Å². The quantitative estimate of drug-likeness (QED) is 0.755. The molecule has 1 atom stereocenters. The Morgan fingerprint density at radius 1 is 1.35 bits per heavy atom. The van der Waals surface area contributed by atoms with E-state index in [-0.39, 0.29) is 11.9 Å². The number of aromatic nitrogens is 1. The van der Waals surface area contributed by atoms with Crippen LogP contribution in [-0.2, 0) is 11.2 Å². The molecule has 0 aliphatic heterocycles. The van der Waals surface area contributed by atoms with Crippen LogP contribution < -0.4 is 11.1 Å². The molecule has 0 radical (unpaired) electrons. The number of carbonyl (C=O) groups excluding carboxylic acids is 1. The molecule has 20 heavy (non-hydrogen) atoms. The average Bonchev–Trinajstić information content (AvgIpc) is 2.82. The average molecular weight is 273 g/mol. The molecule has 1 unspecified atom stereocenters. The first kappa shape index (κ1) is 14.6. The van der Waals surface area contributed by atoms with Crippen molar-refractivity contribution in [2.24, 2.45) is 11.7 Å². The molecule has 0 saturated heterocycles. The van der Waals surface area contributed by atoms with Gasteiger partial charge in [-0.1, -0.05) is 32.0 Å². The van der Waals surface area contributed by atoms with Gasteiger partial charge in [-0.25, -0.2) is 0 Å². The molecule has 0 bridgehead atoms. The molecule has 0 saturated carbocycles. The first-order chi connectivity index (χ1) is 9.58. The second-order valence-corrected chi connectivity index (χ2v) is 5.57. The highest BCUT2D eigenvalue weighted by Crippen LogP contribution is 2.17. The number of hydrogen-bond donors (Lipinski definition) is 3. The van der Waals surface area contributed by atoms with Gasteiger partial charge in [0.05, 0.1) is 0 Å². The van der Waals surface area contributed by atoms with Crippen LogP contribution in [0.1, 0.15) is 25.8 Å². The summed E-state index contributed by atoms with van der Waals surface area (Å²) in [6.07, 6.45) is 3.23. The highest BCUT2D eigenvalue weighted by Gasteiger charge is 2.12. The molecule has 2 aromatic rings. The van der Waals surface area contributed by atoms with E-state index < -0.39 is 0 Å². The van der Waals surface area contributed by atoms with Crippen LogP contribution >= 0.6 is 0 Å². The summed E-state index contributed by atoms with van der Waals surface area (Å²) >= 11 is 0. The summed E-state index contributed by atoms with van der Waals surface area (Å²) in [6, 6.07) is 8.12. The molecule has 4 heteroatoms. The minimum absolute atomic E-state index is 0.0334. The fraction of sp³-hybridized carbons (Fsp3) is 0.438. The van der Waals surface area contributed by atoms with Gasteiger partial charge >= 0.3 is 0 Å². The zero-order valence-electron chi connectivity index (χ0n) is 12.1. The summed E-state index contributed by atoms with van der Waals surface area (Å²) < 4.78 is 0. The zero-order valence-corrected chi connectivity index (χ0v) is 12.1. The van der Waals surface area contributed by atoms with Crippen LogP contribution in [0.3, 0.4) is 0 Å². The van der Waals surface area contributed by atoms with Crippen LogP contribution in [0, 0.1) is 5.92 Å². The molecule has 1 amide bonds. The van der Waals surface area contributed by atoms with Gasteiger partial charge in [-0.05, 0) is 24.0 Å². The molecule has 0 fully saturated rings. The highest BCUT2D eigenvalue weighted by molar-refractivity contribution is 5.83. The number of amides is 1. The van der Waals surface area contributed by atoms with E-state index in [0.717, 1.165) is 11.9 Å². The maximum Gasteiger partial charge on any atom is 0.221 e. The predicted molar refractivity (Wildman–Crippen MR) is 82.4 cm³/mol. The van der Waals surface area contributed by atoms with Crippen LogP contribution in [0.25, 0.3) is 10.9 Å². The monoisotopic (exact) mass is 273 g/mol. The van der Waals surface area contributed by atoms with Gasteiger partial charge in [-0.3, -0.25) is 4.79 Å². The van der Waals surface area contributed by atoms with Crippen molar-refractivity contribution < 1.29 is 4.79 Å². The van der Waals surface area contributed by atoms with Gasteiger partial charge in [-0.2, -0.15) is 0 Å². The molecule has 1 aromatic heterocycles. The van der Waals surface area contributed by atoms with E-state index in [0.29, 0.717) is 18.9 Å². The van der Waals surface area contributed by atoms with Crippen molar-refractivity contribution in [3.8, 4) is 0 Å². The summed E-state index contributed by atoms with van der Waals surface area (Å²) in [5, 5.41) is 4.16. The standard InChI is InChI=1S/C16H23N3O/c1-11(2)14(17)9-16(20)18-8-7-12-10-19-15-6-4-3-5-13(12)15/h3-6,10-11,14,19H,7-9,17H2,1-2H3,(H,18,20). The smallest absolute Gasteiger partial charge is 0.221 e. The Morgan fingerprint density at radius 3 is 2.85 bits per heavy atom. The lowest BCUT2D eigenvalue weighted by molar-refractivity contribution is -0.121. The van der Waals surface area contributed by atoms with Crippen LogP contribution in [0.15, 0.2) is 30.5 Å². The summed E-state index contributed by atoms with van der Waals surface area (Å²) in [7, 11) is 0. The second kappa shape index (κ2) is 6.57. The normalized spacial score (nSPS) is 12.8. The third kappa shape index (κ3) is 3.61. The Kier molecular flexibility index (Phi) is 4.79.